The largest absolute Gasteiger partial charge is 0.508 e. The van der Waals surface area contributed by atoms with E-state index in [4.69, 9.17) is 4.74 Å². The van der Waals surface area contributed by atoms with Crippen LogP contribution in [0.3, 0.4) is 0 Å². The quantitative estimate of drug-likeness (QED) is 0.300. The molecule has 6 nitrogen and oxygen atoms in total. The van der Waals surface area contributed by atoms with Crippen molar-refractivity contribution in [2.45, 2.75) is 6.42 Å². The van der Waals surface area contributed by atoms with Crippen molar-refractivity contribution in [3.8, 4) is 11.5 Å². The second kappa shape index (κ2) is 9.14. The van der Waals surface area contributed by atoms with Crippen molar-refractivity contribution in [2.24, 2.45) is 5.10 Å². The van der Waals surface area contributed by atoms with Gasteiger partial charge in [-0.25, -0.2) is 10.2 Å². The van der Waals surface area contributed by atoms with Crippen molar-refractivity contribution in [3.63, 3.8) is 0 Å². The fourth-order valence-corrected chi connectivity index (χ4v) is 2.38. The minimum Gasteiger partial charge on any atom is -0.508 e. The summed E-state index contributed by atoms with van der Waals surface area (Å²) in [6, 6.07) is 21.9. The van der Waals surface area contributed by atoms with E-state index in [0.29, 0.717) is 11.3 Å². The summed E-state index contributed by atoms with van der Waals surface area (Å²) < 4.78 is 5.30. The third-order valence-electron chi connectivity index (χ3n) is 3.80. The zero-order chi connectivity index (χ0) is 19.8. The first-order valence-electron chi connectivity index (χ1n) is 8.57. The minimum atomic E-state index is -0.427. The highest BCUT2D eigenvalue weighted by atomic mass is 16.5. The molecule has 0 aliphatic rings. The zero-order valence-electron chi connectivity index (χ0n) is 14.9. The van der Waals surface area contributed by atoms with Crippen LogP contribution in [-0.2, 0) is 11.2 Å². The first-order chi connectivity index (χ1) is 13.6. The number of rotatable bonds is 6. The average molecular weight is 374 g/mol. The lowest BCUT2D eigenvalue weighted by Gasteiger charge is -2.04. The van der Waals surface area contributed by atoms with Crippen LogP contribution in [0.25, 0.3) is 0 Å². The van der Waals surface area contributed by atoms with Gasteiger partial charge in [0.1, 0.15) is 11.5 Å². The maximum absolute atomic E-state index is 12.0. The number of phenolic OH excluding ortho intramolecular Hbond substituents is 1. The molecular weight excluding hydrogens is 356 g/mol. The van der Waals surface area contributed by atoms with Gasteiger partial charge in [0.25, 0.3) is 0 Å². The Bertz CT molecular complexity index is 966. The van der Waals surface area contributed by atoms with E-state index in [2.05, 4.69) is 10.5 Å². The van der Waals surface area contributed by atoms with E-state index in [9.17, 15) is 14.7 Å². The average Bonchev–Trinajstić information content (AvgIpc) is 2.72. The number of nitrogens with zero attached hydrogens (tertiary/aromatic N) is 1. The number of carbonyl (C=O) groups is 2. The van der Waals surface area contributed by atoms with Gasteiger partial charge in [0.15, 0.2) is 0 Å². The number of amides is 1. The molecule has 0 heterocycles. The smallest absolute Gasteiger partial charge is 0.343 e. The molecule has 0 unspecified atom stereocenters. The van der Waals surface area contributed by atoms with Gasteiger partial charge in [0.05, 0.1) is 18.2 Å². The molecule has 1 amide bonds. The Morgan fingerprint density at radius 1 is 0.929 bits per heavy atom. The Labute approximate surface area is 162 Å². The SMILES string of the molecule is O=C(Cc1ccc(O)cc1)N/N=C\c1ccc(OC(=O)c2ccccc2)cc1. The lowest BCUT2D eigenvalue weighted by atomic mass is 10.1. The first kappa shape index (κ1) is 18.8. The summed E-state index contributed by atoms with van der Waals surface area (Å²) in [6.45, 7) is 0. The molecule has 2 N–H and O–H groups in total. The van der Waals surface area contributed by atoms with Crippen LogP contribution in [0.15, 0.2) is 84.0 Å². The molecule has 0 aliphatic heterocycles. The van der Waals surface area contributed by atoms with Crippen LogP contribution >= 0.6 is 0 Å². The molecule has 0 radical (unpaired) electrons. The monoisotopic (exact) mass is 374 g/mol. The number of hydrogen-bond acceptors (Lipinski definition) is 5. The summed E-state index contributed by atoms with van der Waals surface area (Å²) in [5, 5.41) is 13.1. The number of hydrogen-bond donors (Lipinski definition) is 2. The Morgan fingerprint density at radius 3 is 2.29 bits per heavy atom. The molecule has 0 bridgehead atoms. The van der Waals surface area contributed by atoms with Gasteiger partial charge in [0, 0.05) is 0 Å². The fourth-order valence-electron chi connectivity index (χ4n) is 2.38. The van der Waals surface area contributed by atoms with Gasteiger partial charge in [-0.15, -0.1) is 0 Å². The molecule has 0 fully saturated rings. The highest BCUT2D eigenvalue weighted by Gasteiger charge is 2.07. The maximum Gasteiger partial charge on any atom is 0.343 e. The topological polar surface area (TPSA) is 88.0 Å². The Morgan fingerprint density at radius 2 is 1.61 bits per heavy atom. The van der Waals surface area contributed by atoms with E-state index < -0.39 is 5.97 Å². The molecule has 6 heteroatoms. The predicted molar refractivity (Wildman–Crippen MR) is 105 cm³/mol. The first-order valence-corrected chi connectivity index (χ1v) is 8.57. The second-order valence-corrected chi connectivity index (χ2v) is 5.96. The lowest BCUT2D eigenvalue weighted by molar-refractivity contribution is -0.120. The van der Waals surface area contributed by atoms with Crippen molar-refractivity contribution in [2.75, 3.05) is 0 Å². The summed E-state index contributed by atoms with van der Waals surface area (Å²) in [6.07, 6.45) is 1.66. The molecule has 3 aromatic rings. The van der Waals surface area contributed by atoms with Crippen LogP contribution < -0.4 is 10.2 Å². The fraction of sp³-hybridized carbons (Fsp3) is 0.0455. The normalized spacial score (nSPS) is 10.6. The highest BCUT2D eigenvalue weighted by molar-refractivity contribution is 5.91. The standard InChI is InChI=1S/C22H18N2O4/c25-19-10-6-16(7-11-19)14-21(26)24-23-15-17-8-12-20(13-9-17)28-22(27)18-4-2-1-3-5-18/h1-13,15,25H,14H2,(H,24,26)/b23-15-. The molecule has 0 saturated heterocycles. The molecule has 0 aromatic heterocycles. The molecule has 3 rings (SSSR count). The third-order valence-corrected chi connectivity index (χ3v) is 3.80. The van der Waals surface area contributed by atoms with E-state index in [0.717, 1.165) is 11.1 Å². The Balaban J connectivity index is 1.50. The molecule has 28 heavy (non-hydrogen) atoms. The lowest BCUT2D eigenvalue weighted by Crippen LogP contribution is -2.19. The van der Waals surface area contributed by atoms with Gasteiger partial charge in [-0.1, -0.05) is 30.3 Å². The summed E-state index contributed by atoms with van der Waals surface area (Å²) in [5.41, 5.74) is 4.44. The predicted octanol–water partition coefficient (Wildman–Crippen LogP) is 3.30. The van der Waals surface area contributed by atoms with E-state index >= 15 is 0 Å². The Hall–Kier alpha value is -3.93. The molecule has 0 spiro atoms. The second-order valence-electron chi connectivity index (χ2n) is 5.96. The third kappa shape index (κ3) is 5.54. The van der Waals surface area contributed by atoms with Gasteiger partial charge < -0.3 is 9.84 Å². The highest BCUT2D eigenvalue weighted by Crippen LogP contribution is 2.14. The number of aromatic hydroxyl groups is 1. The number of benzene rings is 3. The van der Waals surface area contributed by atoms with Gasteiger partial charge >= 0.3 is 5.97 Å². The molecule has 140 valence electrons. The van der Waals surface area contributed by atoms with Crippen LogP contribution in [0.4, 0.5) is 0 Å². The van der Waals surface area contributed by atoms with E-state index in [-0.39, 0.29) is 18.1 Å². The summed E-state index contributed by atoms with van der Waals surface area (Å²) in [5.74, 6) is -0.124. The number of phenols is 1. The molecule has 0 aliphatic carbocycles. The zero-order valence-corrected chi connectivity index (χ0v) is 14.9. The van der Waals surface area contributed by atoms with E-state index in [1.54, 1.807) is 60.7 Å². The van der Waals surface area contributed by atoms with Gasteiger partial charge in [-0.05, 0) is 59.7 Å². The van der Waals surface area contributed by atoms with E-state index in [1.165, 1.54) is 18.3 Å². The number of ether oxygens (including phenoxy) is 1. The summed E-state index contributed by atoms with van der Waals surface area (Å²) in [4.78, 5) is 23.9. The maximum atomic E-state index is 12.0. The number of nitrogens with one attached hydrogen (secondary N) is 1. The number of carbonyl (C=O) groups excluding carboxylic acids is 2. The molecule has 3 aromatic carbocycles. The van der Waals surface area contributed by atoms with Crippen LogP contribution in [-0.4, -0.2) is 23.2 Å². The van der Waals surface area contributed by atoms with E-state index in [1.807, 2.05) is 6.07 Å². The summed E-state index contributed by atoms with van der Waals surface area (Å²) in [7, 11) is 0. The minimum absolute atomic E-state index is 0.153. The van der Waals surface area contributed by atoms with Crippen molar-refractivity contribution >= 4 is 18.1 Å². The summed E-state index contributed by atoms with van der Waals surface area (Å²) >= 11 is 0. The van der Waals surface area contributed by atoms with Gasteiger partial charge in [-0.3, -0.25) is 4.79 Å². The van der Waals surface area contributed by atoms with Gasteiger partial charge in [0.2, 0.25) is 5.91 Å². The van der Waals surface area contributed by atoms with Crippen molar-refractivity contribution in [1.29, 1.82) is 0 Å². The van der Waals surface area contributed by atoms with Gasteiger partial charge in [-0.2, -0.15) is 5.10 Å². The van der Waals surface area contributed by atoms with Crippen molar-refractivity contribution in [1.82, 2.24) is 5.43 Å². The van der Waals surface area contributed by atoms with Crippen LogP contribution in [0.1, 0.15) is 21.5 Å². The van der Waals surface area contributed by atoms with Crippen LogP contribution in [0.5, 0.6) is 11.5 Å². The van der Waals surface area contributed by atoms with Crippen LogP contribution in [0.2, 0.25) is 0 Å². The molecule has 0 atom stereocenters. The number of hydrazone groups is 1. The molecular formula is C22H18N2O4. The number of esters is 1. The van der Waals surface area contributed by atoms with Crippen LogP contribution in [0, 0.1) is 0 Å². The van der Waals surface area contributed by atoms with Crippen molar-refractivity contribution < 1.29 is 19.4 Å². The molecule has 0 saturated carbocycles. The Kier molecular flexibility index (Phi) is 6.15. The van der Waals surface area contributed by atoms with Crippen molar-refractivity contribution in [3.05, 3.63) is 95.6 Å².